The third-order valence-electron chi connectivity index (χ3n) is 5.80. The van der Waals surface area contributed by atoms with Crippen LogP contribution in [0.25, 0.3) is 16.8 Å². The summed E-state index contributed by atoms with van der Waals surface area (Å²) in [6.07, 6.45) is 5.42. The number of halogens is 2. The van der Waals surface area contributed by atoms with E-state index in [1.54, 1.807) is 23.0 Å². The summed E-state index contributed by atoms with van der Waals surface area (Å²) in [5.74, 6) is -0.601. The highest BCUT2D eigenvalue weighted by molar-refractivity contribution is 5.77. The number of nitrogens with one attached hydrogen (secondary N) is 1. The largest absolute Gasteiger partial charge is 0.478 e. The molecule has 3 aromatic heterocycles. The van der Waals surface area contributed by atoms with Gasteiger partial charge in [0.2, 0.25) is 11.8 Å². The fourth-order valence-corrected chi connectivity index (χ4v) is 4.14. The first-order valence-electron chi connectivity index (χ1n) is 11.0. The third-order valence-corrected chi connectivity index (χ3v) is 5.80. The van der Waals surface area contributed by atoms with Crippen LogP contribution in [-0.2, 0) is 0 Å². The van der Waals surface area contributed by atoms with E-state index in [1.807, 2.05) is 31.2 Å². The minimum Gasteiger partial charge on any atom is -0.478 e. The zero-order valence-corrected chi connectivity index (χ0v) is 18.2. The second-order valence-corrected chi connectivity index (χ2v) is 7.95. The van der Waals surface area contributed by atoms with E-state index in [-0.39, 0.29) is 6.04 Å². The first kappa shape index (κ1) is 21.1. The predicted molar refractivity (Wildman–Crippen MR) is 123 cm³/mol. The number of pyridine rings is 2. The van der Waals surface area contributed by atoms with E-state index < -0.39 is 11.6 Å². The lowest BCUT2D eigenvalue weighted by Gasteiger charge is -2.33. The zero-order chi connectivity index (χ0) is 22.8. The molecule has 0 amide bonds. The van der Waals surface area contributed by atoms with E-state index in [1.165, 1.54) is 6.07 Å². The molecule has 1 aliphatic rings. The summed E-state index contributed by atoms with van der Waals surface area (Å²) in [7, 11) is 0. The summed E-state index contributed by atoms with van der Waals surface area (Å²) in [6, 6.07) is 11.7. The van der Waals surface area contributed by atoms with Crippen LogP contribution in [0, 0.1) is 11.6 Å². The first-order chi connectivity index (χ1) is 16.1. The Bertz CT molecular complexity index is 1270. The quantitative estimate of drug-likeness (QED) is 0.465. The monoisotopic (exact) mass is 450 g/mol. The van der Waals surface area contributed by atoms with Crippen molar-refractivity contribution < 1.29 is 13.5 Å². The maximum atomic E-state index is 13.7. The molecular formula is C24H24F2N6O. The molecule has 0 spiro atoms. The average molecular weight is 450 g/mol. The number of hydrogen-bond donors (Lipinski definition) is 1. The van der Waals surface area contributed by atoms with Crippen LogP contribution in [0.1, 0.15) is 19.8 Å². The van der Waals surface area contributed by atoms with E-state index in [0.29, 0.717) is 35.2 Å². The molecule has 4 aromatic rings. The Morgan fingerprint density at radius 1 is 1.09 bits per heavy atom. The number of benzene rings is 1. The maximum Gasteiger partial charge on any atom is 0.243 e. The Morgan fingerprint density at radius 3 is 2.73 bits per heavy atom. The number of piperidine rings is 1. The van der Waals surface area contributed by atoms with Crippen molar-refractivity contribution in [2.45, 2.75) is 25.8 Å². The highest BCUT2D eigenvalue weighted by Crippen LogP contribution is 2.27. The average Bonchev–Trinajstić information content (AvgIpc) is 3.24. The number of rotatable bonds is 6. The van der Waals surface area contributed by atoms with Crippen molar-refractivity contribution >= 4 is 17.3 Å². The molecule has 1 aliphatic heterocycles. The van der Waals surface area contributed by atoms with Gasteiger partial charge in [-0.25, -0.2) is 18.3 Å². The summed E-state index contributed by atoms with van der Waals surface area (Å²) in [6.45, 7) is 4.31. The van der Waals surface area contributed by atoms with E-state index in [4.69, 9.17) is 4.74 Å². The number of aromatic nitrogens is 4. The lowest BCUT2D eigenvalue weighted by molar-refractivity contribution is 0.327. The number of nitrogens with zero attached hydrogens (tertiary/aromatic N) is 5. The lowest BCUT2D eigenvalue weighted by atomic mass is 10.0. The van der Waals surface area contributed by atoms with E-state index in [9.17, 15) is 8.78 Å². The van der Waals surface area contributed by atoms with E-state index in [0.717, 1.165) is 37.7 Å². The molecule has 7 nitrogen and oxygen atoms in total. The van der Waals surface area contributed by atoms with Crippen molar-refractivity contribution in [3.63, 3.8) is 0 Å². The van der Waals surface area contributed by atoms with Gasteiger partial charge in [-0.1, -0.05) is 6.07 Å². The van der Waals surface area contributed by atoms with E-state index in [2.05, 4.69) is 25.3 Å². The van der Waals surface area contributed by atoms with Crippen molar-refractivity contribution in [2.24, 2.45) is 0 Å². The minimum atomic E-state index is -0.887. The third kappa shape index (κ3) is 4.44. The van der Waals surface area contributed by atoms with Gasteiger partial charge in [0.1, 0.15) is 0 Å². The fraction of sp³-hybridized carbons (Fsp3) is 0.292. The summed E-state index contributed by atoms with van der Waals surface area (Å²) < 4.78 is 34.3. The molecule has 0 unspecified atom stereocenters. The van der Waals surface area contributed by atoms with Crippen molar-refractivity contribution in [3.05, 3.63) is 66.5 Å². The van der Waals surface area contributed by atoms with Gasteiger partial charge in [0.25, 0.3) is 0 Å². The summed E-state index contributed by atoms with van der Waals surface area (Å²) in [5, 5.41) is 7.96. The SMILES string of the molecule is CCOc1cc(N2CCC(Nc3nc4c(-c5ccc(F)c(F)c5)cccn4n3)CC2)ccn1. The highest BCUT2D eigenvalue weighted by atomic mass is 19.2. The molecule has 4 heterocycles. The molecule has 0 saturated carbocycles. The van der Waals surface area contributed by atoms with Crippen LogP contribution >= 0.6 is 0 Å². The van der Waals surface area contributed by atoms with Crippen molar-refractivity contribution in [1.82, 2.24) is 19.6 Å². The Kier molecular flexibility index (Phi) is 5.77. The molecule has 33 heavy (non-hydrogen) atoms. The van der Waals surface area contributed by atoms with Crippen molar-refractivity contribution in [2.75, 3.05) is 29.9 Å². The molecule has 0 atom stereocenters. The highest BCUT2D eigenvalue weighted by Gasteiger charge is 2.21. The van der Waals surface area contributed by atoms with Crippen LogP contribution in [0.4, 0.5) is 20.4 Å². The molecule has 5 rings (SSSR count). The number of hydrogen-bond acceptors (Lipinski definition) is 6. The van der Waals surface area contributed by atoms with Gasteiger partial charge in [-0.3, -0.25) is 0 Å². The fourth-order valence-electron chi connectivity index (χ4n) is 4.14. The van der Waals surface area contributed by atoms with Crippen molar-refractivity contribution in [3.8, 4) is 17.0 Å². The number of ether oxygens (including phenoxy) is 1. The molecule has 0 bridgehead atoms. The standard InChI is InChI=1S/C24H24F2N6O/c1-2-33-22-15-18(7-10-27-22)31-12-8-17(9-13-31)28-24-29-23-19(4-3-11-32(23)30-24)16-5-6-20(25)21(26)14-16/h3-7,10-11,14-15,17H,2,8-9,12-13H2,1H3,(H,28,30). The van der Waals surface area contributed by atoms with Gasteiger partial charge in [-0.2, -0.15) is 4.98 Å². The molecule has 0 radical (unpaired) electrons. The van der Waals surface area contributed by atoms with Gasteiger partial charge in [0.05, 0.1) is 6.61 Å². The number of fused-ring (bicyclic) bond motifs is 1. The minimum absolute atomic E-state index is 0.235. The van der Waals surface area contributed by atoms with Gasteiger partial charge < -0.3 is 15.0 Å². The maximum absolute atomic E-state index is 13.7. The second kappa shape index (κ2) is 9.01. The van der Waals surface area contributed by atoms with Crippen LogP contribution in [-0.4, -0.2) is 45.3 Å². The molecule has 1 N–H and O–H groups in total. The first-order valence-corrected chi connectivity index (χ1v) is 11.0. The normalized spacial score (nSPS) is 14.6. The molecule has 1 fully saturated rings. The zero-order valence-electron chi connectivity index (χ0n) is 18.2. The summed E-state index contributed by atoms with van der Waals surface area (Å²) >= 11 is 0. The van der Waals surface area contributed by atoms with E-state index >= 15 is 0 Å². The Balaban J connectivity index is 1.29. The lowest BCUT2D eigenvalue weighted by Crippen LogP contribution is -2.39. The molecule has 1 saturated heterocycles. The predicted octanol–water partition coefficient (Wildman–Crippen LogP) is 4.55. The summed E-state index contributed by atoms with van der Waals surface area (Å²) in [5.41, 5.74) is 2.93. The topological polar surface area (TPSA) is 67.6 Å². The van der Waals surface area contributed by atoms with Crippen molar-refractivity contribution in [1.29, 1.82) is 0 Å². The smallest absolute Gasteiger partial charge is 0.243 e. The van der Waals surface area contributed by atoms with Gasteiger partial charge in [-0.15, -0.1) is 5.10 Å². The van der Waals surface area contributed by atoms with Crippen LogP contribution in [0.3, 0.4) is 0 Å². The van der Waals surface area contributed by atoms with Gasteiger partial charge >= 0.3 is 0 Å². The van der Waals surface area contributed by atoms with Gasteiger partial charge in [-0.05, 0) is 55.7 Å². The Labute approximate surface area is 190 Å². The van der Waals surface area contributed by atoms with Crippen LogP contribution in [0.5, 0.6) is 5.88 Å². The number of anilines is 2. The van der Waals surface area contributed by atoms with Gasteiger partial charge in [0.15, 0.2) is 17.3 Å². The second-order valence-electron chi connectivity index (χ2n) is 7.95. The van der Waals surface area contributed by atoms with Crippen LogP contribution in [0.15, 0.2) is 54.9 Å². The Morgan fingerprint density at radius 2 is 1.94 bits per heavy atom. The van der Waals surface area contributed by atoms with Crippen LogP contribution < -0.4 is 15.0 Å². The molecule has 9 heteroatoms. The molecule has 1 aromatic carbocycles. The molecular weight excluding hydrogens is 426 g/mol. The van der Waals surface area contributed by atoms with Crippen LogP contribution in [0.2, 0.25) is 0 Å². The molecule has 0 aliphatic carbocycles. The Hall–Kier alpha value is -3.75. The molecule has 170 valence electrons. The van der Waals surface area contributed by atoms with Gasteiger partial charge in [0, 0.05) is 48.8 Å². The summed E-state index contributed by atoms with van der Waals surface area (Å²) in [4.78, 5) is 11.2.